The summed E-state index contributed by atoms with van der Waals surface area (Å²) in [7, 11) is 0. The maximum atomic E-state index is 5.90. The van der Waals surface area contributed by atoms with Crippen LogP contribution in [0.2, 0.25) is 5.02 Å². The quantitative estimate of drug-likeness (QED) is 0.911. The number of aryl methyl sites for hydroxylation is 1. The van der Waals surface area contributed by atoms with Crippen LogP contribution in [0.15, 0.2) is 33.3 Å². The fourth-order valence-electron chi connectivity index (χ4n) is 1.59. The number of nitrogens with zero attached hydrogens (tertiary/aromatic N) is 1. The van der Waals surface area contributed by atoms with Crippen LogP contribution < -0.4 is 5.32 Å². The predicted molar refractivity (Wildman–Crippen MR) is 75.6 cm³/mol. The van der Waals surface area contributed by atoms with Gasteiger partial charge < -0.3 is 9.73 Å². The number of hydrogen-bond acceptors (Lipinski definition) is 3. The number of halogens is 2. The van der Waals surface area contributed by atoms with Crippen molar-refractivity contribution in [1.29, 1.82) is 0 Å². The van der Waals surface area contributed by atoms with Crippen LogP contribution in [0.4, 0.5) is 0 Å². The molecule has 0 radical (unpaired) electrons. The van der Waals surface area contributed by atoms with Gasteiger partial charge in [-0.2, -0.15) is 0 Å². The Morgan fingerprint density at radius 1 is 1.50 bits per heavy atom. The molecular formula is C13H14BrClN2O. The van der Waals surface area contributed by atoms with Crippen molar-refractivity contribution in [3.05, 3.63) is 51.1 Å². The van der Waals surface area contributed by atoms with E-state index in [0.717, 1.165) is 27.4 Å². The van der Waals surface area contributed by atoms with Gasteiger partial charge in [0.05, 0.1) is 12.2 Å². The molecule has 18 heavy (non-hydrogen) atoms. The summed E-state index contributed by atoms with van der Waals surface area (Å²) in [5, 5.41) is 4.08. The van der Waals surface area contributed by atoms with E-state index in [1.54, 1.807) is 6.20 Å². The van der Waals surface area contributed by atoms with E-state index >= 15 is 0 Å². The molecule has 96 valence electrons. The van der Waals surface area contributed by atoms with E-state index in [1.807, 2.05) is 32.0 Å². The minimum atomic E-state index is 0.0706. The van der Waals surface area contributed by atoms with E-state index in [4.69, 9.17) is 16.0 Å². The summed E-state index contributed by atoms with van der Waals surface area (Å²) in [5.41, 5.74) is 1.15. The van der Waals surface area contributed by atoms with Crippen molar-refractivity contribution in [2.75, 3.05) is 0 Å². The van der Waals surface area contributed by atoms with E-state index in [9.17, 15) is 0 Å². The van der Waals surface area contributed by atoms with Crippen molar-refractivity contribution in [3.8, 4) is 0 Å². The second-order valence-corrected chi connectivity index (χ2v) is 5.44. The average molecular weight is 330 g/mol. The van der Waals surface area contributed by atoms with Crippen molar-refractivity contribution in [2.24, 2.45) is 0 Å². The van der Waals surface area contributed by atoms with E-state index in [2.05, 4.69) is 26.2 Å². The highest BCUT2D eigenvalue weighted by Gasteiger charge is 2.11. The number of rotatable bonds is 4. The molecule has 0 amide bonds. The summed E-state index contributed by atoms with van der Waals surface area (Å²) in [6.07, 6.45) is 1.73. The van der Waals surface area contributed by atoms with Crippen molar-refractivity contribution in [3.63, 3.8) is 0 Å². The molecule has 1 atom stereocenters. The van der Waals surface area contributed by atoms with Crippen molar-refractivity contribution in [2.45, 2.75) is 26.4 Å². The summed E-state index contributed by atoms with van der Waals surface area (Å²) >= 11 is 9.40. The lowest BCUT2D eigenvalue weighted by Crippen LogP contribution is -2.18. The molecular weight excluding hydrogens is 316 g/mol. The molecule has 1 aromatic carbocycles. The molecule has 0 aliphatic carbocycles. The Kier molecular flexibility index (Phi) is 4.43. The lowest BCUT2D eigenvalue weighted by atomic mass is 10.2. The maximum Gasteiger partial charge on any atom is 0.211 e. The maximum absolute atomic E-state index is 5.90. The Morgan fingerprint density at radius 3 is 2.89 bits per heavy atom. The largest absolute Gasteiger partial charge is 0.444 e. The molecule has 3 nitrogen and oxygen atoms in total. The van der Waals surface area contributed by atoms with E-state index < -0.39 is 0 Å². The van der Waals surface area contributed by atoms with Crippen molar-refractivity contribution in [1.82, 2.24) is 10.3 Å². The molecule has 2 rings (SSSR count). The van der Waals surface area contributed by atoms with Gasteiger partial charge in [0.2, 0.25) is 5.89 Å². The molecule has 2 aromatic rings. The zero-order valence-electron chi connectivity index (χ0n) is 10.2. The molecule has 0 spiro atoms. The fourth-order valence-corrected chi connectivity index (χ4v) is 2.41. The Labute approximate surface area is 120 Å². The normalized spacial score (nSPS) is 12.7. The number of nitrogens with one attached hydrogen (secondary N) is 1. The molecule has 0 aliphatic rings. The average Bonchev–Trinajstić information content (AvgIpc) is 2.74. The van der Waals surface area contributed by atoms with Gasteiger partial charge in [0.1, 0.15) is 5.76 Å². The van der Waals surface area contributed by atoms with Gasteiger partial charge in [0, 0.05) is 16.0 Å². The first kappa shape index (κ1) is 13.6. The molecule has 0 aliphatic heterocycles. The molecule has 0 saturated heterocycles. The van der Waals surface area contributed by atoms with Gasteiger partial charge in [-0.25, -0.2) is 4.98 Å². The Bertz CT molecular complexity index is 542. The van der Waals surface area contributed by atoms with Crippen LogP contribution >= 0.6 is 27.5 Å². The first-order chi connectivity index (χ1) is 8.56. The topological polar surface area (TPSA) is 38.1 Å². The van der Waals surface area contributed by atoms with E-state index in [0.29, 0.717) is 5.89 Å². The van der Waals surface area contributed by atoms with Gasteiger partial charge >= 0.3 is 0 Å². The third kappa shape index (κ3) is 3.34. The Hall–Kier alpha value is -0.840. The van der Waals surface area contributed by atoms with Crippen LogP contribution in [0.1, 0.15) is 30.2 Å². The van der Waals surface area contributed by atoms with Gasteiger partial charge in [0.25, 0.3) is 0 Å². The highest BCUT2D eigenvalue weighted by Crippen LogP contribution is 2.22. The summed E-state index contributed by atoms with van der Waals surface area (Å²) in [5.74, 6) is 1.53. The second-order valence-electron chi connectivity index (χ2n) is 4.15. The van der Waals surface area contributed by atoms with Crippen molar-refractivity contribution < 1.29 is 4.42 Å². The van der Waals surface area contributed by atoms with Gasteiger partial charge in [-0.1, -0.05) is 33.6 Å². The third-order valence-corrected chi connectivity index (χ3v) is 3.60. The first-order valence-corrected chi connectivity index (χ1v) is 6.83. The first-order valence-electron chi connectivity index (χ1n) is 5.66. The van der Waals surface area contributed by atoms with Gasteiger partial charge in [-0.3, -0.25) is 0 Å². The third-order valence-electron chi connectivity index (χ3n) is 2.62. The summed E-state index contributed by atoms with van der Waals surface area (Å²) in [4.78, 5) is 4.20. The molecule has 0 fully saturated rings. The molecule has 1 aromatic heterocycles. The SMILES string of the molecule is Cc1cnc(C(C)NCc2ccc(Cl)cc2Br)o1. The zero-order valence-corrected chi connectivity index (χ0v) is 12.5. The number of hydrogen-bond donors (Lipinski definition) is 1. The minimum Gasteiger partial charge on any atom is -0.444 e. The van der Waals surface area contributed by atoms with E-state index in [1.165, 1.54) is 0 Å². The van der Waals surface area contributed by atoms with Gasteiger partial charge in [-0.05, 0) is 31.5 Å². The van der Waals surface area contributed by atoms with Crippen molar-refractivity contribution >= 4 is 27.5 Å². The highest BCUT2D eigenvalue weighted by molar-refractivity contribution is 9.10. The Morgan fingerprint density at radius 2 is 2.28 bits per heavy atom. The second kappa shape index (κ2) is 5.87. The Balaban J connectivity index is 1.99. The molecule has 1 N–H and O–H groups in total. The standard InChI is InChI=1S/C13H14BrClN2O/c1-8-6-17-13(18-8)9(2)16-7-10-3-4-11(15)5-12(10)14/h3-6,9,16H,7H2,1-2H3. The smallest absolute Gasteiger partial charge is 0.211 e. The van der Waals surface area contributed by atoms with E-state index in [-0.39, 0.29) is 6.04 Å². The van der Waals surface area contributed by atoms with Crippen LogP contribution in [0.5, 0.6) is 0 Å². The highest BCUT2D eigenvalue weighted by atomic mass is 79.9. The van der Waals surface area contributed by atoms with Crippen LogP contribution in [0.3, 0.4) is 0 Å². The monoisotopic (exact) mass is 328 g/mol. The van der Waals surface area contributed by atoms with Gasteiger partial charge in [-0.15, -0.1) is 0 Å². The number of oxazole rings is 1. The molecule has 1 heterocycles. The lowest BCUT2D eigenvalue weighted by Gasteiger charge is -2.11. The molecule has 5 heteroatoms. The van der Waals surface area contributed by atoms with Gasteiger partial charge in [0.15, 0.2) is 0 Å². The minimum absolute atomic E-state index is 0.0706. The summed E-state index contributed by atoms with van der Waals surface area (Å²) in [6, 6.07) is 5.83. The van der Waals surface area contributed by atoms with Crippen LogP contribution in [-0.4, -0.2) is 4.98 Å². The molecule has 1 unspecified atom stereocenters. The zero-order chi connectivity index (χ0) is 13.1. The number of benzene rings is 1. The summed E-state index contributed by atoms with van der Waals surface area (Å²) in [6.45, 7) is 4.63. The fraction of sp³-hybridized carbons (Fsp3) is 0.308. The predicted octanol–water partition coefficient (Wildman–Crippen LogP) is 4.25. The summed E-state index contributed by atoms with van der Waals surface area (Å²) < 4.78 is 6.48. The molecule has 0 saturated carbocycles. The molecule has 0 bridgehead atoms. The lowest BCUT2D eigenvalue weighted by molar-refractivity contribution is 0.402. The van der Waals surface area contributed by atoms with Crippen LogP contribution in [-0.2, 0) is 6.54 Å². The van der Waals surface area contributed by atoms with Crippen LogP contribution in [0.25, 0.3) is 0 Å². The number of aromatic nitrogens is 1. The van der Waals surface area contributed by atoms with Crippen LogP contribution in [0, 0.1) is 6.92 Å².